The van der Waals surface area contributed by atoms with Crippen LogP contribution in [0.1, 0.15) is 56.6 Å². The van der Waals surface area contributed by atoms with E-state index in [2.05, 4.69) is 18.7 Å². The molecule has 27 heavy (non-hydrogen) atoms. The van der Waals surface area contributed by atoms with E-state index in [1.165, 1.54) is 0 Å². The van der Waals surface area contributed by atoms with Crippen LogP contribution in [0.2, 0.25) is 0 Å². The number of fused-ring (bicyclic) bond motifs is 1. The lowest BCUT2D eigenvalue weighted by Crippen LogP contribution is -2.15. The molecule has 0 heterocycles. The largest absolute Gasteiger partial charge is 0.208 e. The van der Waals surface area contributed by atoms with Gasteiger partial charge in [-0.3, -0.25) is 0 Å². The molecule has 0 saturated heterocycles. The monoisotopic (exact) mass is 366 g/mol. The third-order valence-corrected chi connectivity index (χ3v) is 5.75. The van der Waals surface area contributed by atoms with Crippen molar-refractivity contribution >= 4 is 22.7 Å². The maximum absolute atomic E-state index is 14.8. The molecule has 1 aliphatic carbocycles. The average Bonchev–Trinajstić information content (AvgIpc) is 2.72. The van der Waals surface area contributed by atoms with Crippen LogP contribution in [0.3, 0.4) is 0 Å². The van der Waals surface area contributed by atoms with Crippen LogP contribution in [-0.2, 0) is 0 Å². The van der Waals surface area contributed by atoms with Crippen LogP contribution in [0, 0.1) is 11.8 Å². The van der Waals surface area contributed by atoms with Gasteiger partial charge in [-0.1, -0.05) is 49.1 Å². The van der Waals surface area contributed by atoms with Gasteiger partial charge in [0.2, 0.25) is 0 Å². The van der Waals surface area contributed by atoms with E-state index >= 15 is 0 Å². The van der Waals surface area contributed by atoms with Crippen molar-refractivity contribution in [3.8, 4) is 0 Å². The van der Waals surface area contributed by atoms with Crippen LogP contribution in [0.5, 0.6) is 0 Å². The molecule has 0 unspecified atom stereocenters. The van der Waals surface area contributed by atoms with Crippen LogP contribution < -0.4 is 0 Å². The van der Waals surface area contributed by atoms with E-state index in [1.54, 1.807) is 18.2 Å². The second kappa shape index (κ2) is 9.12. The van der Waals surface area contributed by atoms with E-state index in [9.17, 15) is 8.78 Å². The summed E-state index contributed by atoms with van der Waals surface area (Å²) >= 11 is 0. The Labute approximate surface area is 161 Å². The highest BCUT2D eigenvalue weighted by Gasteiger charge is 2.26. The third kappa shape index (κ3) is 4.74. The Bertz CT molecular complexity index is 852. The van der Waals surface area contributed by atoms with Crippen LogP contribution >= 0.6 is 0 Å². The summed E-state index contributed by atoms with van der Waals surface area (Å²) in [5, 5.41) is 1.92. The summed E-state index contributed by atoms with van der Waals surface area (Å²) in [5.74, 6) is -0.888. The zero-order chi connectivity index (χ0) is 19.2. The highest BCUT2D eigenvalue weighted by atomic mass is 19.2. The predicted octanol–water partition coefficient (Wildman–Crippen LogP) is 8.25. The summed E-state index contributed by atoms with van der Waals surface area (Å²) in [6, 6.07) is 11.1. The number of allylic oxidation sites excluding steroid dienone is 3. The molecule has 1 fully saturated rings. The van der Waals surface area contributed by atoms with Crippen LogP contribution in [0.15, 0.2) is 61.0 Å². The Morgan fingerprint density at radius 1 is 1.04 bits per heavy atom. The van der Waals surface area contributed by atoms with Crippen LogP contribution in [-0.4, -0.2) is 0 Å². The molecule has 3 rings (SSSR count). The fourth-order valence-corrected chi connectivity index (χ4v) is 4.05. The van der Waals surface area contributed by atoms with Gasteiger partial charge in [-0.25, -0.2) is 8.78 Å². The number of benzene rings is 2. The summed E-state index contributed by atoms with van der Waals surface area (Å²) in [6.07, 6.45) is 11.8. The van der Waals surface area contributed by atoms with E-state index in [1.807, 2.05) is 31.2 Å². The normalized spacial score (nSPS) is 21.4. The van der Waals surface area contributed by atoms with Crippen molar-refractivity contribution in [1.29, 1.82) is 0 Å². The summed E-state index contributed by atoms with van der Waals surface area (Å²) in [7, 11) is 0. The molecule has 0 amide bonds. The summed E-state index contributed by atoms with van der Waals surface area (Å²) in [4.78, 5) is 0. The van der Waals surface area contributed by atoms with E-state index in [-0.39, 0.29) is 5.92 Å². The molecular weight excluding hydrogens is 338 g/mol. The second-order valence-corrected chi connectivity index (χ2v) is 7.55. The van der Waals surface area contributed by atoms with Gasteiger partial charge in [0.15, 0.2) is 5.83 Å². The second-order valence-electron chi connectivity index (χ2n) is 7.55. The van der Waals surface area contributed by atoms with Crippen molar-refractivity contribution in [2.24, 2.45) is 11.8 Å². The number of halogens is 2. The van der Waals surface area contributed by atoms with Crippen LogP contribution in [0.4, 0.5) is 8.78 Å². The van der Waals surface area contributed by atoms with Gasteiger partial charge < -0.3 is 0 Å². The molecule has 0 aliphatic heterocycles. The topological polar surface area (TPSA) is 0 Å². The number of hydrogen-bond donors (Lipinski definition) is 0. The van der Waals surface area contributed by atoms with Crippen LogP contribution in [0.25, 0.3) is 22.7 Å². The Morgan fingerprint density at radius 2 is 1.74 bits per heavy atom. The minimum Gasteiger partial charge on any atom is -0.208 e. The number of hydrogen-bond acceptors (Lipinski definition) is 0. The van der Waals surface area contributed by atoms with Gasteiger partial charge in [-0.05, 0) is 79.8 Å². The summed E-state index contributed by atoms with van der Waals surface area (Å²) in [6.45, 7) is 5.80. The fourth-order valence-electron chi connectivity index (χ4n) is 4.05. The van der Waals surface area contributed by atoms with Gasteiger partial charge in [0, 0.05) is 11.5 Å². The lowest BCUT2D eigenvalue weighted by molar-refractivity contribution is 0.263. The fraction of sp³-hybridized carbons (Fsp3) is 0.360. The number of rotatable bonds is 6. The molecule has 0 radical (unpaired) electrons. The molecule has 0 atom stereocenters. The lowest BCUT2D eigenvalue weighted by Gasteiger charge is -2.27. The third-order valence-electron chi connectivity index (χ3n) is 5.75. The first-order chi connectivity index (χ1) is 13.1. The van der Waals surface area contributed by atoms with Gasteiger partial charge in [0.05, 0.1) is 0 Å². The maximum Gasteiger partial charge on any atom is 0.162 e. The van der Waals surface area contributed by atoms with Gasteiger partial charge in [-0.2, -0.15) is 0 Å². The molecule has 2 aromatic rings. The van der Waals surface area contributed by atoms with Gasteiger partial charge in [-0.15, -0.1) is 0 Å². The van der Waals surface area contributed by atoms with E-state index in [0.29, 0.717) is 11.5 Å². The van der Waals surface area contributed by atoms with Gasteiger partial charge in [0.1, 0.15) is 5.83 Å². The molecule has 2 aromatic carbocycles. The zero-order valence-electron chi connectivity index (χ0n) is 16.1. The molecule has 0 spiro atoms. The SMILES string of the molecule is C=Cc1ccc2cc(C(F)=C(F)C3CCC(CC/C=C/C)CC3)ccc2c1. The predicted molar refractivity (Wildman–Crippen MR) is 113 cm³/mol. The molecule has 142 valence electrons. The molecule has 0 bridgehead atoms. The molecule has 0 aromatic heterocycles. The van der Waals surface area contributed by atoms with Gasteiger partial charge >= 0.3 is 0 Å². The molecule has 1 saturated carbocycles. The first-order valence-corrected chi connectivity index (χ1v) is 9.95. The van der Waals surface area contributed by atoms with Crippen molar-refractivity contribution in [2.45, 2.75) is 45.4 Å². The van der Waals surface area contributed by atoms with Crippen molar-refractivity contribution in [2.75, 3.05) is 0 Å². The smallest absolute Gasteiger partial charge is 0.162 e. The van der Waals surface area contributed by atoms with Crippen molar-refractivity contribution in [1.82, 2.24) is 0 Å². The molecule has 2 heteroatoms. The Kier molecular flexibility index (Phi) is 6.60. The first kappa shape index (κ1) is 19.5. The maximum atomic E-state index is 14.8. The lowest BCUT2D eigenvalue weighted by atomic mass is 9.79. The summed E-state index contributed by atoms with van der Waals surface area (Å²) in [5.41, 5.74) is 1.35. The van der Waals surface area contributed by atoms with E-state index < -0.39 is 11.7 Å². The molecule has 0 nitrogen and oxygen atoms in total. The standard InChI is InChI=1S/C25H28F2/c1-3-5-6-7-19-9-11-20(12-10-19)24(26)25(27)23-15-14-21-16-18(4-2)8-13-22(21)17-23/h3-5,8,13-17,19-20H,2,6-7,9-12H2,1H3/b5-3+,25-24?. The highest BCUT2D eigenvalue weighted by molar-refractivity contribution is 5.87. The Hall–Kier alpha value is -2.22. The minimum absolute atomic E-state index is 0.276. The van der Waals surface area contributed by atoms with Gasteiger partial charge in [0.25, 0.3) is 0 Å². The van der Waals surface area contributed by atoms with Crippen molar-refractivity contribution < 1.29 is 8.78 Å². The zero-order valence-corrected chi connectivity index (χ0v) is 16.1. The molecule has 1 aliphatic rings. The minimum atomic E-state index is -0.693. The van der Waals surface area contributed by atoms with E-state index in [0.717, 1.165) is 54.9 Å². The quantitative estimate of drug-likeness (QED) is 0.451. The Morgan fingerprint density at radius 3 is 2.44 bits per heavy atom. The molecule has 0 N–H and O–H groups in total. The first-order valence-electron chi connectivity index (χ1n) is 9.95. The highest BCUT2D eigenvalue weighted by Crippen LogP contribution is 2.39. The van der Waals surface area contributed by atoms with Crippen molar-refractivity contribution in [3.63, 3.8) is 0 Å². The molecular formula is C25H28F2. The average molecular weight is 366 g/mol. The Balaban J connectivity index is 1.72. The van der Waals surface area contributed by atoms with Crippen molar-refractivity contribution in [3.05, 3.63) is 72.1 Å². The summed E-state index contributed by atoms with van der Waals surface area (Å²) < 4.78 is 29.6. The van der Waals surface area contributed by atoms with E-state index in [4.69, 9.17) is 0 Å².